The van der Waals surface area contributed by atoms with E-state index in [4.69, 9.17) is 16.3 Å². The Kier molecular flexibility index (Phi) is 6.34. The second-order valence-electron chi connectivity index (χ2n) is 7.31. The number of carbonyl (C=O) groups excluding carboxylic acids is 1. The molecule has 4 aromatic rings. The Morgan fingerprint density at radius 1 is 0.968 bits per heavy atom. The Morgan fingerprint density at radius 3 is 2.35 bits per heavy atom. The molecule has 1 N–H and O–H groups in total. The number of nitrogens with one attached hydrogen (secondary N) is 1. The van der Waals surface area contributed by atoms with E-state index in [0.29, 0.717) is 29.4 Å². The van der Waals surface area contributed by atoms with Crippen molar-refractivity contribution in [3.8, 4) is 5.75 Å². The van der Waals surface area contributed by atoms with Gasteiger partial charge in [0, 0.05) is 16.8 Å². The molecule has 1 amide bonds. The third kappa shape index (κ3) is 5.74. The van der Waals surface area contributed by atoms with Gasteiger partial charge in [0.25, 0.3) is 5.91 Å². The van der Waals surface area contributed by atoms with Crippen LogP contribution in [-0.2, 0) is 13.2 Å². The summed E-state index contributed by atoms with van der Waals surface area (Å²) in [5.41, 5.74) is 4.58. The molecule has 0 aliphatic carbocycles. The number of hydrogen-bond donors (Lipinski definition) is 1. The van der Waals surface area contributed by atoms with Crippen LogP contribution in [0, 0.1) is 6.92 Å². The number of carbonyl (C=O) groups is 1. The molecule has 3 aromatic carbocycles. The van der Waals surface area contributed by atoms with Crippen LogP contribution in [0.1, 0.15) is 27.0 Å². The Bertz CT molecular complexity index is 1150. The first kappa shape index (κ1) is 20.7. The Labute approximate surface area is 186 Å². The van der Waals surface area contributed by atoms with E-state index in [1.807, 2.05) is 30.5 Å². The van der Waals surface area contributed by atoms with Crippen LogP contribution in [-0.4, -0.2) is 15.7 Å². The van der Waals surface area contributed by atoms with E-state index in [-0.39, 0.29) is 5.91 Å². The van der Waals surface area contributed by atoms with Gasteiger partial charge in [-0.2, -0.15) is 5.10 Å². The lowest BCUT2D eigenvalue weighted by atomic mass is 10.1. The SMILES string of the molecule is Cc1ccc(Cn2cc(NC(=O)c3ccc(COc4ccc(Cl)cc4)cc3)cn2)cc1. The molecule has 1 aromatic heterocycles. The van der Waals surface area contributed by atoms with Crippen molar-refractivity contribution in [3.63, 3.8) is 0 Å². The van der Waals surface area contributed by atoms with Crippen LogP contribution in [0.4, 0.5) is 5.69 Å². The topological polar surface area (TPSA) is 56.2 Å². The van der Waals surface area contributed by atoms with Crippen molar-refractivity contribution in [1.82, 2.24) is 9.78 Å². The van der Waals surface area contributed by atoms with Crippen molar-refractivity contribution in [2.75, 3.05) is 5.32 Å². The molecule has 0 unspecified atom stereocenters. The molecule has 0 fully saturated rings. The maximum atomic E-state index is 12.5. The average molecular weight is 432 g/mol. The van der Waals surface area contributed by atoms with E-state index in [1.165, 1.54) is 5.56 Å². The standard InChI is InChI=1S/C25H22ClN3O2/c1-18-2-4-19(5-3-18)15-29-16-23(14-27-29)28-25(30)21-8-6-20(7-9-21)17-31-24-12-10-22(26)11-13-24/h2-14,16H,15,17H2,1H3,(H,28,30). The number of halogens is 1. The lowest BCUT2D eigenvalue weighted by molar-refractivity contribution is 0.102. The van der Waals surface area contributed by atoms with E-state index in [0.717, 1.165) is 16.9 Å². The molecular formula is C25H22ClN3O2. The number of benzene rings is 3. The van der Waals surface area contributed by atoms with Gasteiger partial charge < -0.3 is 10.1 Å². The lowest BCUT2D eigenvalue weighted by Gasteiger charge is -2.07. The molecule has 5 nitrogen and oxygen atoms in total. The average Bonchev–Trinajstić information content (AvgIpc) is 3.22. The molecule has 0 saturated carbocycles. The molecule has 0 spiro atoms. The van der Waals surface area contributed by atoms with Crippen molar-refractivity contribution in [2.24, 2.45) is 0 Å². The van der Waals surface area contributed by atoms with E-state index in [2.05, 4.69) is 41.6 Å². The third-order valence-electron chi connectivity index (χ3n) is 4.79. The van der Waals surface area contributed by atoms with Crippen LogP contribution in [0.5, 0.6) is 5.75 Å². The largest absolute Gasteiger partial charge is 0.489 e. The highest BCUT2D eigenvalue weighted by Crippen LogP contribution is 2.17. The maximum absolute atomic E-state index is 12.5. The molecule has 156 valence electrons. The molecule has 0 radical (unpaired) electrons. The van der Waals surface area contributed by atoms with Crippen molar-refractivity contribution in [3.05, 3.63) is 112 Å². The number of hydrogen-bond acceptors (Lipinski definition) is 3. The van der Waals surface area contributed by atoms with Gasteiger partial charge in [0.05, 0.1) is 18.4 Å². The zero-order chi connectivity index (χ0) is 21.6. The highest BCUT2D eigenvalue weighted by Gasteiger charge is 2.08. The summed E-state index contributed by atoms with van der Waals surface area (Å²) < 4.78 is 7.53. The second kappa shape index (κ2) is 9.49. The Hall–Kier alpha value is -3.57. The molecular weight excluding hydrogens is 410 g/mol. The highest BCUT2D eigenvalue weighted by molar-refractivity contribution is 6.30. The van der Waals surface area contributed by atoms with Gasteiger partial charge in [-0.05, 0) is 54.4 Å². The minimum Gasteiger partial charge on any atom is -0.489 e. The van der Waals surface area contributed by atoms with E-state index in [9.17, 15) is 4.79 Å². The summed E-state index contributed by atoms with van der Waals surface area (Å²) in [6, 6.07) is 22.8. The van der Waals surface area contributed by atoms with Gasteiger partial charge >= 0.3 is 0 Å². The van der Waals surface area contributed by atoms with E-state index in [1.54, 1.807) is 35.1 Å². The first-order chi connectivity index (χ1) is 15.0. The second-order valence-corrected chi connectivity index (χ2v) is 7.74. The first-order valence-corrected chi connectivity index (χ1v) is 10.3. The van der Waals surface area contributed by atoms with Crippen molar-refractivity contribution < 1.29 is 9.53 Å². The fraction of sp³-hybridized carbons (Fsp3) is 0.120. The third-order valence-corrected chi connectivity index (χ3v) is 5.04. The quantitative estimate of drug-likeness (QED) is 0.407. The van der Waals surface area contributed by atoms with Gasteiger partial charge in [0.1, 0.15) is 12.4 Å². The van der Waals surface area contributed by atoms with Gasteiger partial charge in [0.15, 0.2) is 0 Å². The summed E-state index contributed by atoms with van der Waals surface area (Å²) in [4.78, 5) is 12.5. The summed E-state index contributed by atoms with van der Waals surface area (Å²) in [5.74, 6) is 0.564. The Morgan fingerprint density at radius 2 is 1.65 bits per heavy atom. The maximum Gasteiger partial charge on any atom is 0.255 e. The predicted octanol–water partition coefficient (Wildman–Crippen LogP) is 5.72. The van der Waals surface area contributed by atoms with Gasteiger partial charge in [-0.15, -0.1) is 0 Å². The fourth-order valence-corrected chi connectivity index (χ4v) is 3.17. The zero-order valence-electron chi connectivity index (χ0n) is 17.1. The van der Waals surface area contributed by atoms with E-state index < -0.39 is 0 Å². The molecule has 1 heterocycles. The number of ether oxygens (including phenoxy) is 1. The van der Waals surface area contributed by atoms with Crippen LogP contribution < -0.4 is 10.1 Å². The fourth-order valence-electron chi connectivity index (χ4n) is 3.05. The molecule has 0 saturated heterocycles. The number of anilines is 1. The van der Waals surface area contributed by atoms with Gasteiger partial charge in [-0.1, -0.05) is 53.6 Å². The molecule has 0 aliphatic rings. The number of rotatable bonds is 7. The number of aromatic nitrogens is 2. The van der Waals surface area contributed by atoms with Crippen LogP contribution in [0.25, 0.3) is 0 Å². The van der Waals surface area contributed by atoms with Crippen LogP contribution in [0.15, 0.2) is 85.2 Å². The van der Waals surface area contributed by atoms with Crippen molar-refractivity contribution in [1.29, 1.82) is 0 Å². The summed E-state index contributed by atoms with van der Waals surface area (Å²) in [6.07, 6.45) is 3.48. The lowest BCUT2D eigenvalue weighted by Crippen LogP contribution is -2.11. The smallest absolute Gasteiger partial charge is 0.255 e. The molecule has 6 heteroatoms. The van der Waals surface area contributed by atoms with E-state index >= 15 is 0 Å². The van der Waals surface area contributed by atoms with Gasteiger partial charge in [-0.3, -0.25) is 9.48 Å². The number of amides is 1. The molecule has 4 rings (SSSR count). The number of aryl methyl sites for hydroxylation is 1. The van der Waals surface area contributed by atoms with Gasteiger partial charge in [0.2, 0.25) is 0 Å². The monoisotopic (exact) mass is 431 g/mol. The van der Waals surface area contributed by atoms with Gasteiger partial charge in [-0.25, -0.2) is 0 Å². The molecule has 0 atom stereocenters. The van der Waals surface area contributed by atoms with Crippen LogP contribution in [0.3, 0.4) is 0 Å². The minimum atomic E-state index is -0.181. The van der Waals surface area contributed by atoms with Crippen LogP contribution in [0.2, 0.25) is 5.02 Å². The zero-order valence-corrected chi connectivity index (χ0v) is 17.8. The summed E-state index contributed by atoms with van der Waals surface area (Å²) in [5, 5.41) is 7.89. The van der Waals surface area contributed by atoms with Crippen molar-refractivity contribution in [2.45, 2.75) is 20.1 Å². The summed E-state index contributed by atoms with van der Waals surface area (Å²) in [6.45, 7) is 3.12. The normalized spacial score (nSPS) is 10.6. The molecule has 0 bridgehead atoms. The predicted molar refractivity (Wildman–Crippen MR) is 123 cm³/mol. The highest BCUT2D eigenvalue weighted by atomic mass is 35.5. The van der Waals surface area contributed by atoms with Crippen LogP contribution >= 0.6 is 11.6 Å². The first-order valence-electron chi connectivity index (χ1n) is 9.92. The summed E-state index contributed by atoms with van der Waals surface area (Å²) in [7, 11) is 0. The number of nitrogens with zero attached hydrogens (tertiary/aromatic N) is 2. The Balaban J connectivity index is 1.31. The molecule has 0 aliphatic heterocycles. The molecule has 31 heavy (non-hydrogen) atoms. The summed E-state index contributed by atoms with van der Waals surface area (Å²) >= 11 is 5.88. The van der Waals surface area contributed by atoms with Crippen molar-refractivity contribution >= 4 is 23.2 Å². The minimum absolute atomic E-state index is 0.181.